The first-order chi connectivity index (χ1) is 6.24. The third-order valence-electron chi connectivity index (χ3n) is 2.09. The van der Waals surface area contributed by atoms with Crippen molar-refractivity contribution in [3.8, 4) is 0 Å². The van der Waals surface area contributed by atoms with Crippen molar-refractivity contribution < 1.29 is 0 Å². The summed E-state index contributed by atoms with van der Waals surface area (Å²) >= 11 is -1.22. The summed E-state index contributed by atoms with van der Waals surface area (Å²) in [5.41, 5.74) is 1.41. The number of rotatable bonds is 4. The Bertz CT molecular complexity index is 235. The Hall–Kier alpha value is 0.240. The van der Waals surface area contributed by atoms with Crippen molar-refractivity contribution in [2.75, 3.05) is 0 Å². The molecule has 0 amide bonds. The molecule has 0 N–H and O–H groups in total. The van der Waals surface area contributed by atoms with Gasteiger partial charge in [0.2, 0.25) is 0 Å². The first-order valence-electron chi connectivity index (χ1n) is 4.59. The molecule has 2 heteroatoms. The molecule has 1 aromatic carbocycles. The Morgan fingerprint density at radius 3 is 2.46 bits per heavy atom. The zero-order valence-electron chi connectivity index (χ0n) is 8.13. The Labute approximate surface area is 91.8 Å². The predicted octanol–water partition coefficient (Wildman–Crippen LogP) is 4.65. The van der Waals surface area contributed by atoms with E-state index in [9.17, 15) is 0 Å². The quantitative estimate of drug-likeness (QED) is 0.561. The SMILES string of the molecule is CCC(C)I(Cl)Cc1ccccc1. The van der Waals surface area contributed by atoms with Crippen LogP contribution in [0.4, 0.5) is 0 Å². The van der Waals surface area contributed by atoms with Gasteiger partial charge in [-0.25, -0.2) is 0 Å². The van der Waals surface area contributed by atoms with Crippen LogP contribution in [-0.4, -0.2) is 3.92 Å². The van der Waals surface area contributed by atoms with Crippen molar-refractivity contribution in [2.45, 2.75) is 28.6 Å². The van der Waals surface area contributed by atoms with E-state index >= 15 is 0 Å². The van der Waals surface area contributed by atoms with Crippen LogP contribution < -0.4 is 0 Å². The van der Waals surface area contributed by atoms with Crippen LogP contribution in [0.15, 0.2) is 30.3 Å². The zero-order chi connectivity index (χ0) is 9.68. The molecule has 1 aromatic rings. The standard InChI is InChI=1S/C11H16ClI/c1-3-10(2)13(12)9-11-7-5-4-6-8-11/h4-8,10H,3,9H2,1-2H3. The monoisotopic (exact) mass is 310 g/mol. The summed E-state index contributed by atoms with van der Waals surface area (Å²) < 4.78 is 1.90. The molecule has 0 aromatic heterocycles. The van der Waals surface area contributed by atoms with E-state index in [0.29, 0.717) is 0 Å². The summed E-state index contributed by atoms with van der Waals surface area (Å²) in [4.78, 5) is 0. The average Bonchev–Trinajstić information content (AvgIpc) is 2.18. The summed E-state index contributed by atoms with van der Waals surface area (Å²) in [7, 11) is 6.42. The van der Waals surface area contributed by atoms with Gasteiger partial charge >= 0.3 is 92.1 Å². The molecule has 0 aliphatic carbocycles. The Kier molecular flexibility index (Phi) is 5.10. The molecule has 0 fully saturated rings. The van der Waals surface area contributed by atoms with E-state index in [1.165, 1.54) is 12.0 Å². The van der Waals surface area contributed by atoms with Gasteiger partial charge in [-0.15, -0.1) is 0 Å². The van der Waals surface area contributed by atoms with E-state index in [1.807, 2.05) is 0 Å². The van der Waals surface area contributed by atoms with E-state index in [-0.39, 0.29) is 0 Å². The van der Waals surface area contributed by atoms with Crippen molar-refractivity contribution in [1.82, 2.24) is 0 Å². The van der Waals surface area contributed by atoms with Crippen molar-refractivity contribution in [3.05, 3.63) is 35.9 Å². The molecule has 0 heterocycles. The molecule has 0 aliphatic heterocycles. The topological polar surface area (TPSA) is 0 Å². The Balaban J connectivity index is 2.50. The van der Waals surface area contributed by atoms with E-state index in [0.717, 1.165) is 8.35 Å². The molecular formula is C11H16ClI. The molecule has 0 radical (unpaired) electrons. The third-order valence-corrected chi connectivity index (χ3v) is 9.46. The van der Waals surface area contributed by atoms with Gasteiger partial charge in [0.15, 0.2) is 0 Å². The summed E-state index contributed by atoms with van der Waals surface area (Å²) in [6, 6.07) is 10.6. The summed E-state index contributed by atoms with van der Waals surface area (Å²) in [5.74, 6) is 0. The number of benzene rings is 1. The van der Waals surface area contributed by atoms with E-state index in [1.54, 1.807) is 0 Å². The van der Waals surface area contributed by atoms with Gasteiger partial charge in [0, 0.05) is 0 Å². The van der Waals surface area contributed by atoms with Crippen LogP contribution in [-0.2, 0) is 4.43 Å². The summed E-state index contributed by atoms with van der Waals surface area (Å²) in [6.45, 7) is 4.50. The number of alkyl halides is 2. The van der Waals surface area contributed by atoms with Crippen LogP contribution in [0.3, 0.4) is 0 Å². The molecular weight excluding hydrogens is 294 g/mol. The van der Waals surface area contributed by atoms with Crippen molar-refractivity contribution in [1.29, 1.82) is 0 Å². The second-order valence-corrected chi connectivity index (χ2v) is 10.4. The van der Waals surface area contributed by atoms with Crippen LogP contribution in [0.5, 0.6) is 0 Å². The average molecular weight is 311 g/mol. The van der Waals surface area contributed by atoms with Crippen LogP contribution in [0, 0.1) is 0 Å². The third kappa shape index (κ3) is 3.86. The summed E-state index contributed by atoms with van der Waals surface area (Å²) in [5, 5.41) is 0. The van der Waals surface area contributed by atoms with E-state index < -0.39 is 18.7 Å². The van der Waals surface area contributed by atoms with Gasteiger partial charge in [0.25, 0.3) is 0 Å². The molecule has 0 nitrogen and oxygen atoms in total. The fraction of sp³-hybridized carbons (Fsp3) is 0.455. The van der Waals surface area contributed by atoms with E-state index in [2.05, 4.69) is 44.2 Å². The molecule has 0 spiro atoms. The van der Waals surface area contributed by atoms with Crippen molar-refractivity contribution >= 4 is 27.6 Å². The van der Waals surface area contributed by atoms with Crippen LogP contribution >= 0.6 is 27.6 Å². The minimum absolute atomic E-state index is 0.756. The van der Waals surface area contributed by atoms with Gasteiger partial charge in [-0.1, -0.05) is 0 Å². The molecule has 0 aliphatic rings. The fourth-order valence-electron chi connectivity index (χ4n) is 1.01. The minimum atomic E-state index is -1.22. The predicted molar refractivity (Wildman–Crippen MR) is 69.8 cm³/mol. The molecule has 74 valence electrons. The number of hydrogen-bond acceptors (Lipinski definition) is 0. The van der Waals surface area contributed by atoms with Crippen molar-refractivity contribution in [3.63, 3.8) is 0 Å². The van der Waals surface area contributed by atoms with Gasteiger partial charge in [-0.3, -0.25) is 0 Å². The van der Waals surface area contributed by atoms with Crippen molar-refractivity contribution in [2.24, 2.45) is 0 Å². The van der Waals surface area contributed by atoms with Gasteiger partial charge in [-0.2, -0.15) is 0 Å². The van der Waals surface area contributed by atoms with Gasteiger partial charge in [0.1, 0.15) is 0 Å². The van der Waals surface area contributed by atoms with Gasteiger partial charge < -0.3 is 0 Å². The zero-order valence-corrected chi connectivity index (χ0v) is 11.0. The maximum atomic E-state index is 6.42. The Morgan fingerprint density at radius 1 is 1.31 bits per heavy atom. The second kappa shape index (κ2) is 5.86. The molecule has 1 unspecified atom stereocenters. The fourth-order valence-corrected chi connectivity index (χ4v) is 5.64. The maximum absolute atomic E-state index is 6.42. The van der Waals surface area contributed by atoms with Crippen LogP contribution in [0.25, 0.3) is 0 Å². The first-order valence-corrected chi connectivity index (χ1v) is 10.1. The van der Waals surface area contributed by atoms with Crippen LogP contribution in [0.1, 0.15) is 25.8 Å². The van der Waals surface area contributed by atoms with Gasteiger partial charge in [0.05, 0.1) is 0 Å². The van der Waals surface area contributed by atoms with Crippen LogP contribution in [0.2, 0.25) is 0 Å². The molecule has 0 bridgehead atoms. The number of hydrogen-bond donors (Lipinski definition) is 0. The number of halogens is 2. The molecule has 13 heavy (non-hydrogen) atoms. The molecule has 1 rings (SSSR count). The Morgan fingerprint density at radius 2 is 1.92 bits per heavy atom. The molecule has 1 atom stereocenters. The summed E-state index contributed by atoms with van der Waals surface area (Å²) in [6.07, 6.45) is 1.22. The molecule has 0 saturated heterocycles. The second-order valence-electron chi connectivity index (χ2n) is 3.15. The van der Waals surface area contributed by atoms with E-state index in [4.69, 9.17) is 8.91 Å². The first kappa shape index (κ1) is 11.3. The van der Waals surface area contributed by atoms with Gasteiger partial charge in [-0.05, 0) is 0 Å². The molecule has 0 saturated carbocycles. The normalized spacial score (nSPS) is 13.9.